The Bertz CT molecular complexity index is 944. The fraction of sp³-hybridized carbons (Fsp3) is 0.211. The van der Waals surface area contributed by atoms with Crippen LogP contribution in [0, 0.1) is 0 Å². The molecule has 0 bridgehead atoms. The van der Waals surface area contributed by atoms with Crippen LogP contribution < -0.4 is 24.3 Å². The molecule has 146 valence electrons. The topological polar surface area (TPSA) is 108 Å². The molecule has 0 atom stereocenters. The van der Waals surface area contributed by atoms with E-state index in [9.17, 15) is 4.79 Å². The van der Waals surface area contributed by atoms with Gasteiger partial charge < -0.3 is 18.9 Å². The first-order valence-electron chi connectivity index (χ1n) is 8.27. The second kappa shape index (κ2) is 8.30. The molecule has 0 unspecified atom stereocenters. The van der Waals surface area contributed by atoms with E-state index in [0.717, 1.165) is 11.3 Å². The number of benzene rings is 2. The summed E-state index contributed by atoms with van der Waals surface area (Å²) in [6.07, 6.45) is 0. The highest BCUT2D eigenvalue weighted by Gasteiger charge is 2.18. The maximum Gasteiger partial charge on any atom is 0.258 e. The summed E-state index contributed by atoms with van der Waals surface area (Å²) < 4.78 is 20.9. The molecule has 2 N–H and O–H groups in total. The Labute approximate surface area is 161 Å². The van der Waals surface area contributed by atoms with E-state index in [1.807, 2.05) is 24.3 Å². The molecule has 0 aliphatic heterocycles. The van der Waals surface area contributed by atoms with Gasteiger partial charge in [-0.25, -0.2) is 0 Å². The fourth-order valence-corrected chi connectivity index (χ4v) is 2.58. The molecule has 3 aromatic rings. The Kier molecular flexibility index (Phi) is 5.64. The number of nitrogens with zero attached hydrogens (tertiary/aromatic N) is 2. The number of anilines is 1. The first-order valence-corrected chi connectivity index (χ1v) is 8.27. The van der Waals surface area contributed by atoms with E-state index in [4.69, 9.17) is 18.9 Å². The molecule has 1 amide bonds. The molecule has 0 aliphatic carbocycles. The minimum atomic E-state index is -0.417. The zero-order chi connectivity index (χ0) is 20.1. The van der Waals surface area contributed by atoms with Crippen LogP contribution in [0.4, 0.5) is 5.95 Å². The first kappa shape index (κ1) is 19.0. The van der Waals surface area contributed by atoms with E-state index in [1.165, 1.54) is 21.3 Å². The number of aromatic amines is 1. The van der Waals surface area contributed by atoms with Crippen molar-refractivity contribution >= 4 is 11.9 Å². The van der Waals surface area contributed by atoms with Crippen LogP contribution in [-0.2, 0) is 0 Å². The van der Waals surface area contributed by atoms with Crippen LogP contribution in [0.1, 0.15) is 10.4 Å². The lowest BCUT2D eigenvalue weighted by molar-refractivity contribution is 0.102. The maximum atomic E-state index is 12.6. The van der Waals surface area contributed by atoms with Gasteiger partial charge in [0.05, 0.1) is 28.4 Å². The van der Waals surface area contributed by atoms with Crippen LogP contribution in [0.2, 0.25) is 0 Å². The molecule has 3 rings (SSSR count). The van der Waals surface area contributed by atoms with Gasteiger partial charge >= 0.3 is 0 Å². The molecular weight excluding hydrogens is 364 g/mol. The summed E-state index contributed by atoms with van der Waals surface area (Å²) in [6.45, 7) is 0. The number of methoxy groups -OCH3 is 4. The highest BCUT2D eigenvalue weighted by atomic mass is 16.5. The summed E-state index contributed by atoms with van der Waals surface area (Å²) in [5.74, 6) is 2.13. The van der Waals surface area contributed by atoms with Gasteiger partial charge in [-0.3, -0.25) is 15.2 Å². The molecule has 1 aromatic heterocycles. The predicted molar refractivity (Wildman–Crippen MR) is 102 cm³/mol. The third-order valence-electron chi connectivity index (χ3n) is 4.00. The van der Waals surface area contributed by atoms with Crippen LogP contribution in [-0.4, -0.2) is 49.5 Å². The Hall–Kier alpha value is -3.75. The van der Waals surface area contributed by atoms with Crippen molar-refractivity contribution in [3.05, 3.63) is 42.0 Å². The van der Waals surface area contributed by atoms with E-state index in [1.54, 1.807) is 19.2 Å². The van der Waals surface area contributed by atoms with Crippen LogP contribution in [0.25, 0.3) is 11.4 Å². The number of rotatable bonds is 7. The third kappa shape index (κ3) is 3.83. The van der Waals surface area contributed by atoms with Gasteiger partial charge in [0.25, 0.3) is 5.91 Å². The van der Waals surface area contributed by atoms with Crippen LogP contribution in [0.5, 0.6) is 23.0 Å². The molecule has 2 aromatic carbocycles. The largest absolute Gasteiger partial charge is 0.497 e. The van der Waals surface area contributed by atoms with Crippen molar-refractivity contribution in [1.82, 2.24) is 15.2 Å². The zero-order valence-corrected chi connectivity index (χ0v) is 15.9. The zero-order valence-electron chi connectivity index (χ0n) is 15.9. The van der Waals surface area contributed by atoms with Crippen LogP contribution in [0.3, 0.4) is 0 Å². The summed E-state index contributed by atoms with van der Waals surface area (Å²) in [7, 11) is 6.06. The number of carbonyl (C=O) groups is 1. The predicted octanol–water partition coefficient (Wildman–Crippen LogP) is 2.76. The second-order valence-electron chi connectivity index (χ2n) is 5.60. The van der Waals surface area contributed by atoms with E-state index in [2.05, 4.69) is 20.5 Å². The minimum absolute atomic E-state index is 0.143. The molecule has 0 saturated carbocycles. The van der Waals surface area contributed by atoms with Gasteiger partial charge in [0.15, 0.2) is 17.3 Å². The molecule has 0 spiro atoms. The Morgan fingerprint density at radius 1 is 0.929 bits per heavy atom. The number of nitrogens with one attached hydrogen (secondary N) is 2. The smallest absolute Gasteiger partial charge is 0.258 e. The molecule has 0 saturated heterocycles. The minimum Gasteiger partial charge on any atom is -0.497 e. The van der Waals surface area contributed by atoms with Gasteiger partial charge in [0.2, 0.25) is 11.7 Å². The van der Waals surface area contributed by atoms with Gasteiger partial charge in [-0.2, -0.15) is 4.98 Å². The van der Waals surface area contributed by atoms with Gasteiger partial charge in [-0.15, -0.1) is 5.10 Å². The number of amides is 1. The standard InChI is InChI=1S/C19H20N4O5/c1-25-13-7-5-11(6-8-13)17-20-19(23-22-17)21-18(24)12-9-14(26-2)16(28-4)15(10-12)27-3/h5-10H,1-4H3,(H2,20,21,22,23,24). The monoisotopic (exact) mass is 384 g/mol. The summed E-state index contributed by atoms with van der Waals surface area (Å²) in [5, 5.41) is 9.47. The van der Waals surface area contributed by atoms with Gasteiger partial charge in [0, 0.05) is 11.1 Å². The first-order chi connectivity index (χ1) is 13.6. The average Bonchev–Trinajstić information content (AvgIpc) is 3.20. The van der Waals surface area contributed by atoms with Crippen LogP contribution >= 0.6 is 0 Å². The van der Waals surface area contributed by atoms with E-state index in [0.29, 0.717) is 28.6 Å². The summed E-state index contributed by atoms with van der Waals surface area (Å²) in [4.78, 5) is 16.9. The lowest BCUT2D eigenvalue weighted by atomic mass is 10.1. The van der Waals surface area contributed by atoms with E-state index >= 15 is 0 Å². The molecule has 0 aliphatic rings. The highest BCUT2D eigenvalue weighted by Crippen LogP contribution is 2.38. The quantitative estimate of drug-likeness (QED) is 0.645. The number of hydrogen-bond acceptors (Lipinski definition) is 7. The van der Waals surface area contributed by atoms with E-state index in [-0.39, 0.29) is 5.95 Å². The number of hydrogen-bond donors (Lipinski definition) is 2. The normalized spacial score (nSPS) is 10.3. The number of ether oxygens (including phenoxy) is 4. The van der Waals surface area contributed by atoms with Crippen molar-refractivity contribution in [1.29, 1.82) is 0 Å². The van der Waals surface area contributed by atoms with Crippen molar-refractivity contribution in [2.75, 3.05) is 33.8 Å². The maximum absolute atomic E-state index is 12.6. The molecule has 28 heavy (non-hydrogen) atoms. The van der Waals surface area contributed by atoms with Gasteiger partial charge in [-0.05, 0) is 36.4 Å². The highest BCUT2D eigenvalue weighted by molar-refractivity contribution is 6.04. The molecule has 9 nitrogen and oxygen atoms in total. The van der Waals surface area contributed by atoms with Crippen molar-refractivity contribution in [2.45, 2.75) is 0 Å². The SMILES string of the molecule is COc1ccc(-c2nc(NC(=O)c3cc(OC)c(OC)c(OC)c3)n[nH]2)cc1. The average molecular weight is 384 g/mol. The van der Waals surface area contributed by atoms with Crippen molar-refractivity contribution in [3.8, 4) is 34.4 Å². The Balaban J connectivity index is 1.81. The summed E-state index contributed by atoms with van der Waals surface area (Å²) in [6, 6.07) is 10.4. The third-order valence-corrected chi connectivity index (χ3v) is 4.00. The molecule has 0 fully saturated rings. The molecule has 1 heterocycles. The lowest BCUT2D eigenvalue weighted by Crippen LogP contribution is -2.13. The van der Waals surface area contributed by atoms with Crippen molar-refractivity contribution < 1.29 is 23.7 Å². The van der Waals surface area contributed by atoms with Crippen molar-refractivity contribution in [2.24, 2.45) is 0 Å². The van der Waals surface area contributed by atoms with Gasteiger partial charge in [-0.1, -0.05) is 0 Å². The fourth-order valence-electron chi connectivity index (χ4n) is 2.58. The Morgan fingerprint density at radius 2 is 1.57 bits per heavy atom. The summed E-state index contributed by atoms with van der Waals surface area (Å²) >= 11 is 0. The lowest BCUT2D eigenvalue weighted by Gasteiger charge is -2.13. The number of carbonyl (C=O) groups excluding carboxylic acids is 1. The summed E-state index contributed by atoms with van der Waals surface area (Å²) in [5.41, 5.74) is 1.12. The van der Waals surface area contributed by atoms with E-state index < -0.39 is 5.91 Å². The molecule has 9 heteroatoms. The van der Waals surface area contributed by atoms with Crippen molar-refractivity contribution in [3.63, 3.8) is 0 Å². The Morgan fingerprint density at radius 3 is 2.11 bits per heavy atom. The number of aromatic nitrogens is 3. The number of H-pyrrole nitrogens is 1. The second-order valence-corrected chi connectivity index (χ2v) is 5.60. The molecule has 0 radical (unpaired) electrons. The molecular formula is C19H20N4O5. The van der Waals surface area contributed by atoms with Gasteiger partial charge in [0.1, 0.15) is 5.75 Å². The van der Waals surface area contributed by atoms with Crippen LogP contribution in [0.15, 0.2) is 36.4 Å².